The first-order valence-electron chi connectivity index (χ1n) is 4.45. The molecule has 0 N–H and O–H groups in total. The van der Waals surface area contributed by atoms with Gasteiger partial charge in [0.1, 0.15) is 4.90 Å². The van der Waals surface area contributed by atoms with Crippen LogP contribution in [0.3, 0.4) is 0 Å². The number of ether oxygens (including phenoxy) is 1. The highest BCUT2D eigenvalue weighted by Gasteiger charge is 2.14. The number of hydrogen-bond donors (Lipinski definition) is 0. The zero-order valence-corrected chi connectivity index (χ0v) is 10.9. The van der Waals surface area contributed by atoms with E-state index in [1.807, 2.05) is 0 Å². The van der Waals surface area contributed by atoms with Crippen LogP contribution in [0.2, 0.25) is 0 Å². The topological polar surface area (TPSA) is 65.4 Å². The summed E-state index contributed by atoms with van der Waals surface area (Å²) in [5.41, 5.74) is 0.669. The Hall–Kier alpha value is -1.01. The fraction of sp³-hybridized carbons (Fsp3) is 0.444. The molecule has 0 fully saturated rings. The Bertz CT molecular complexity index is 438. The summed E-state index contributed by atoms with van der Waals surface area (Å²) in [5, 5.41) is 0. The summed E-state index contributed by atoms with van der Waals surface area (Å²) in [4.78, 5) is 9.36. The molecule has 0 unspecified atom stereocenters. The van der Waals surface area contributed by atoms with Gasteiger partial charge in [0.05, 0.1) is 6.61 Å². The Morgan fingerprint density at radius 2 is 2.06 bits per heavy atom. The number of carbonyl (C=O) groups is 1. The predicted molar refractivity (Wildman–Crippen MR) is 60.9 cm³/mol. The van der Waals surface area contributed by atoms with Gasteiger partial charge in [-0.3, -0.25) is 4.79 Å². The molecule has 1 aromatic heterocycles. The minimum Gasteiger partial charge on any atom is -0.468 e. The number of rotatable bonds is 3. The molecule has 0 aliphatic carbocycles. The quantitative estimate of drug-likeness (QED) is 0.614. The Balaban J connectivity index is 0.000000385. The van der Waals surface area contributed by atoms with Crippen LogP contribution in [0.5, 0.6) is 0 Å². The molecule has 0 aliphatic rings. The lowest BCUT2D eigenvalue weighted by atomic mass is 10.4. The fourth-order valence-corrected chi connectivity index (χ4v) is 2.23. The van der Waals surface area contributed by atoms with Gasteiger partial charge in [-0.05, 0) is 19.4 Å². The van der Waals surface area contributed by atoms with Crippen LogP contribution in [0, 0.1) is 6.92 Å². The standard InChI is InChI=1S/C6H8ClNO2S.C3H6O2/c1-5-3-8(2)4-6(5)11(7,9)10;1-2-5-3-4/h3-4H,1-2H3;3H,2H2,1H3. The van der Waals surface area contributed by atoms with Crippen molar-refractivity contribution in [1.82, 2.24) is 4.57 Å². The monoisotopic (exact) mass is 267 g/mol. The minimum absolute atomic E-state index is 0.182. The van der Waals surface area contributed by atoms with Crippen molar-refractivity contribution in [1.29, 1.82) is 0 Å². The van der Waals surface area contributed by atoms with E-state index in [0.717, 1.165) is 0 Å². The molecule has 0 aliphatic heterocycles. The van der Waals surface area contributed by atoms with Gasteiger partial charge in [-0.15, -0.1) is 0 Å². The average Bonchev–Trinajstić information content (AvgIpc) is 2.47. The third-order valence-corrected chi connectivity index (χ3v) is 3.06. The summed E-state index contributed by atoms with van der Waals surface area (Å²) in [7, 11) is 3.32. The largest absolute Gasteiger partial charge is 0.468 e. The molecule has 92 valence electrons. The number of aromatic nitrogens is 1. The van der Waals surface area contributed by atoms with Gasteiger partial charge in [-0.25, -0.2) is 8.42 Å². The van der Waals surface area contributed by atoms with Crippen LogP contribution < -0.4 is 0 Å². The zero-order chi connectivity index (χ0) is 12.8. The molecule has 0 spiro atoms. The summed E-state index contributed by atoms with van der Waals surface area (Å²) in [6.07, 6.45) is 3.19. The Morgan fingerprint density at radius 3 is 2.19 bits per heavy atom. The summed E-state index contributed by atoms with van der Waals surface area (Å²) in [5.74, 6) is 0. The Labute approximate surface area is 99.4 Å². The maximum atomic E-state index is 10.8. The lowest BCUT2D eigenvalue weighted by Gasteiger charge is -1.89. The van der Waals surface area contributed by atoms with Gasteiger partial charge in [-0.1, -0.05) is 0 Å². The molecule has 0 bridgehead atoms. The van der Waals surface area contributed by atoms with E-state index in [1.165, 1.54) is 6.20 Å². The van der Waals surface area contributed by atoms with Gasteiger partial charge in [0.15, 0.2) is 0 Å². The summed E-state index contributed by atoms with van der Waals surface area (Å²) in [6.45, 7) is 4.37. The summed E-state index contributed by atoms with van der Waals surface area (Å²) >= 11 is 0. The normalized spacial score (nSPS) is 10.2. The van der Waals surface area contributed by atoms with E-state index in [9.17, 15) is 13.2 Å². The number of nitrogens with zero attached hydrogens (tertiary/aromatic N) is 1. The fourth-order valence-electron chi connectivity index (χ4n) is 1.02. The van der Waals surface area contributed by atoms with Gasteiger partial charge in [0.2, 0.25) is 0 Å². The predicted octanol–water partition coefficient (Wildman–Crippen LogP) is 1.44. The van der Waals surface area contributed by atoms with Crippen molar-refractivity contribution in [2.75, 3.05) is 6.61 Å². The zero-order valence-electron chi connectivity index (χ0n) is 9.31. The number of aryl methyl sites for hydroxylation is 2. The van der Waals surface area contributed by atoms with Crippen LogP contribution in [0.25, 0.3) is 0 Å². The molecular formula is C9H14ClNO4S. The molecule has 0 saturated carbocycles. The highest BCUT2D eigenvalue weighted by molar-refractivity contribution is 8.13. The van der Waals surface area contributed by atoms with Crippen molar-refractivity contribution in [3.8, 4) is 0 Å². The van der Waals surface area contributed by atoms with Crippen LogP contribution >= 0.6 is 10.7 Å². The van der Waals surface area contributed by atoms with E-state index in [2.05, 4.69) is 4.74 Å². The molecule has 0 radical (unpaired) electrons. The molecule has 7 heteroatoms. The molecule has 0 atom stereocenters. The number of halogens is 1. The SMILES string of the molecule is CCOC=O.Cc1cn(C)cc1S(=O)(=O)Cl. The molecule has 0 aromatic carbocycles. The molecule has 16 heavy (non-hydrogen) atoms. The molecule has 0 saturated heterocycles. The van der Waals surface area contributed by atoms with Crippen molar-refractivity contribution in [3.05, 3.63) is 18.0 Å². The van der Waals surface area contributed by atoms with Crippen molar-refractivity contribution in [3.63, 3.8) is 0 Å². The minimum atomic E-state index is -3.56. The first kappa shape index (κ1) is 15.0. The number of carbonyl (C=O) groups excluding carboxylic acids is 1. The highest BCUT2D eigenvalue weighted by atomic mass is 35.7. The average molecular weight is 268 g/mol. The van der Waals surface area contributed by atoms with Gasteiger partial charge >= 0.3 is 0 Å². The van der Waals surface area contributed by atoms with Gasteiger partial charge < -0.3 is 9.30 Å². The molecule has 0 amide bonds. The van der Waals surface area contributed by atoms with Crippen molar-refractivity contribution in [2.24, 2.45) is 7.05 Å². The van der Waals surface area contributed by atoms with Gasteiger partial charge in [-0.2, -0.15) is 0 Å². The third-order valence-electron chi connectivity index (χ3n) is 1.60. The summed E-state index contributed by atoms with van der Waals surface area (Å²) in [6, 6.07) is 0. The van der Waals surface area contributed by atoms with E-state index < -0.39 is 9.05 Å². The maximum Gasteiger partial charge on any atom is 0.293 e. The smallest absolute Gasteiger partial charge is 0.293 e. The van der Waals surface area contributed by atoms with E-state index in [1.54, 1.807) is 31.7 Å². The second-order valence-corrected chi connectivity index (χ2v) is 5.49. The molecule has 1 aromatic rings. The lowest BCUT2D eigenvalue weighted by molar-refractivity contribution is -0.128. The molecule has 1 rings (SSSR count). The van der Waals surface area contributed by atoms with Crippen LogP contribution in [0.1, 0.15) is 12.5 Å². The van der Waals surface area contributed by atoms with Crippen molar-refractivity contribution in [2.45, 2.75) is 18.7 Å². The van der Waals surface area contributed by atoms with E-state index >= 15 is 0 Å². The van der Waals surface area contributed by atoms with Crippen LogP contribution in [-0.4, -0.2) is 26.1 Å². The maximum absolute atomic E-state index is 10.8. The molecule has 1 heterocycles. The second-order valence-electron chi connectivity index (χ2n) is 2.96. The van der Waals surface area contributed by atoms with Gasteiger partial charge in [0.25, 0.3) is 15.5 Å². The second kappa shape index (κ2) is 6.55. The molecular weight excluding hydrogens is 254 g/mol. The summed E-state index contributed by atoms with van der Waals surface area (Å²) < 4.78 is 27.4. The third kappa shape index (κ3) is 5.18. The number of hydrogen-bond acceptors (Lipinski definition) is 4. The van der Waals surface area contributed by atoms with Crippen molar-refractivity contribution >= 4 is 26.2 Å². The van der Waals surface area contributed by atoms with Crippen LogP contribution in [-0.2, 0) is 25.6 Å². The first-order chi connectivity index (χ1) is 7.32. The highest BCUT2D eigenvalue weighted by Crippen LogP contribution is 2.19. The Kier molecular flexibility index (Phi) is 6.13. The van der Waals surface area contributed by atoms with E-state index in [4.69, 9.17) is 10.7 Å². The van der Waals surface area contributed by atoms with E-state index in [-0.39, 0.29) is 4.90 Å². The van der Waals surface area contributed by atoms with Gasteiger partial charge in [0, 0.05) is 30.1 Å². The van der Waals surface area contributed by atoms with Crippen LogP contribution in [0.4, 0.5) is 0 Å². The molecule has 5 nitrogen and oxygen atoms in total. The first-order valence-corrected chi connectivity index (χ1v) is 6.76. The van der Waals surface area contributed by atoms with E-state index in [0.29, 0.717) is 18.6 Å². The van der Waals surface area contributed by atoms with Crippen molar-refractivity contribution < 1.29 is 17.9 Å². The van der Waals surface area contributed by atoms with Crippen LogP contribution in [0.15, 0.2) is 17.3 Å². The lowest BCUT2D eigenvalue weighted by Crippen LogP contribution is -1.89. The Morgan fingerprint density at radius 1 is 1.50 bits per heavy atom.